The van der Waals surface area contributed by atoms with Crippen LogP contribution in [0.5, 0.6) is 0 Å². The van der Waals surface area contributed by atoms with E-state index < -0.39 is 0 Å². The highest BCUT2D eigenvalue weighted by Crippen LogP contribution is 2.44. The number of fused-ring (bicyclic) bond motifs is 24. The predicted molar refractivity (Wildman–Crippen MR) is 429 cm³/mol. The maximum Gasteiger partial charge on any atom is 0.135 e. The van der Waals surface area contributed by atoms with Crippen LogP contribution < -0.4 is 0 Å². The van der Waals surface area contributed by atoms with Crippen LogP contribution in [0.25, 0.3) is 206 Å². The molecule has 4 heterocycles. The van der Waals surface area contributed by atoms with Gasteiger partial charge in [0.2, 0.25) is 0 Å². The highest BCUT2D eigenvalue weighted by molar-refractivity contribution is 7.25. The van der Waals surface area contributed by atoms with Crippen molar-refractivity contribution in [3.8, 4) is 55.9 Å². The third-order valence-corrected chi connectivity index (χ3v) is 22.3. The van der Waals surface area contributed by atoms with Gasteiger partial charge in [-0.3, -0.25) is 0 Å². The summed E-state index contributed by atoms with van der Waals surface area (Å²) >= 11 is 1.87. The van der Waals surface area contributed by atoms with Crippen molar-refractivity contribution in [3.63, 3.8) is 0 Å². The number of thiophene rings is 1. The summed E-state index contributed by atoms with van der Waals surface area (Å²) in [4.78, 5) is 0. The van der Waals surface area contributed by atoms with Crippen LogP contribution in [0.1, 0.15) is 0 Å². The number of hydrogen-bond acceptors (Lipinski definition) is 2. The standard InChI is InChI=1S/C48H29NO.C48H29NS/c2*1-2-14-37-35(12-1)36-13-3-4-15-38(36)43-27-31(20-23-39(37)43)30-10-9-11-34(26-30)49-45-18-7-5-16-40(45)41-24-21-33(29-46(41)49)32-22-25-48-44(28-32)42-17-6-8-19-47(42)50-48/h2*1-29H. The summed E-state index contributed by atoms with van der Waals surface area (Å²) < 4.78 is 13.7. The summed E-state index contributed by atoms with van der Waals surface area (Å²) in [7, 11) is 0. The molecule has 4 heteroatoms. The van der Waals surface area contributed by atoms with Gasteiger partial charge in [0, 0.05) is 63.9 Å². The molecule has 0 atom stereocenters. The van der Waals surface area contributed by atoms with Crippen molar-refractivity contribution in [2.45, 2.75) is 0 Å². The molecule has 4 aromatic heterocycles. The van der Waals surface area contributed by atoms with E-state index in [4.69, 9.17) is 4.42 Å². The fourth-order valence-electron chi connectivity index (χ4n) is 16.5. The normalized spacial score (nSPS) is 12.0. The van der Waals surface area contributed by atoms with Crippen molar-refractivity contribution >= 4 is 162 Å². The average molecular weight is 1290 g/mol. The topological polar surface area (TPSA) is 23.0 Å². The van der Waals surface area contributed by atoms with Crippen LogP contribution in [0.15, 0.2) is 356 Å². The minimum atomic E-state index is 0.914. The molecule has 0 saturated carbocycles. The molecule has 3 nitrogen and oxygen atoms in total. The summed E-state index contributed by atoms with van der Waals surface area (Å²) in [5, 5.41) is 25.5. The lowest BCUT2D eigenvalue weighted by Crippen LogP contribution is -1.94. The molecule has 0 radical (unpaired) electrons. The Bertz CT molecular complexity index is 6680. The molecule has 100 heavy (non-hydrogen) atoms. The second kappa shape index (κ2) is 22.4. The zero-order chi connectivity index (χ0) is 65.5. The second-order valence-electron chi connectivity index (χ2n) is 26.6. The molecular formula is C96H58N2OS. The molecule has 0 aliphatic carbocycles. The molecule has 0 bridgehead atoms. The molecule has 0 aliphatic heterocycles. The number of hydrogen-bond donors (Lipinski definition) is 0. The van der Waals surface area contributed by atoms with Gasteiger partial charge in [-0.2, -0.15) is 0 Å². The molecule has 0 N–H and O–H groups in total. The Morgan fingerprint density at radius 1 is 0.170 bits per heavy atom. The van der Waals surface area contributed by atoms with Gasteiger partial charge in [0.15, 0.2) is 0 Å². The van der Waals surface area contributed by atoms with Gasteiger partial charge in [-0.15, -0.1) is 11.3 Å². The summed E-state index contributed by atoms with van der Waals surface area (Å²) in [6.07, 6.45) is 0. The van der Waals surface area contributed by atoms with Gasteiger partial charge in [-0.05, 0) is 206 Å². The van der Waals surface area contributed by atoms with Crippen molar-refractivity contribution in [1.82, 2.24) is 9.13 Å². The monoisotopic (exact) mass is 1290 g/mol. The Morgan fingerprint density at radius 3 is 0.970 bits per heavy atom. The van der Waals surface area contributed by atoms with E-state index >= 15 is 0 Å². The van der Waals surface area contributed by atoms with Gasteiger partial charge < -0.3 is 13.6 Å². The molecule has 18 aromatic carbocycles. The Labute approximate surface area is 579 Å². The number of nitrogens with zero attached hydrogens (tertiary/aromatic N) is 2. The lowest BCUT2D eigenvalue weighted by Gasteiger charge is -2.13. The van der Waals surface area contributed by atoms with Crippen LogP contribution in [-0.4, -0.2) is 9.13 Å². The first kappa shape index (κ1) is 56.3. The number of para-hydroxylation sites is 3. The summed E-state index contributed by atoms with van der Waals surface area (Å²) in [6, 6.07) is 129. The largest absolute Gasteiger partial charge is 0.456 e. The van der Waals surface area contributed by atoms with Gasteiger partial charge in [0.1, 0.15) is 11.2 Å². The molecule has 22 rings (SSSR count). The lowest BCUT2D eigenvalue weighted by molar-refractivity contribution is 0.669. The Morgan fingerprint density at radius 2 is 0.480 bits per heavy atom. The van der Waals surface area contributed by atoms with Gasteiger partial charge in [-0.1, -0.05) is 255 Å². The SMILES string of the molecule is c1cc(-c2ccc3c4ccccc4c4ccccc4c3c2)cc(-n2c3ccccc3c3ccc(-c4ccc5oc6ccccc6c5c4)cc32)c1.c1cc(-c2ccc3c4ccccc4c4ccccc4c3c2)cc(-n2c3ccccc3c3ccc(-c4ccc5sc6ccccc6c5c4)cc32)c1. The number of rotatable bonds is 6. The summed E-state index contributed by atoms with van der Waals surface area (Å²) in [6.45, 7) is 0. The molecule has 0 unspecified atom stereocenters. The van der Waals surface area contributed by atoms with Gasteiger partial charge >= 0.3 is 0 Å². The predicted octanol–water partition coefficient (Wildman–Crippen LogP) is 27.4. The van der Waals surface area contributed by atoms with E-state index in [1.54, 1.807) is 0 Å². The zero-order valence-electron chi connectivity index (χ0n) is 54.2. The molecule has 22 aromatic rings. The van der Waals surface area contributed by atoms with Crippen molar-refractivity contribution in [1.29, 1.82) is 0 Å². The molecule has 0 amide bonds. The van der Waals surface area contributed by atoms with E-state index in [0.29, 0.717) is 0 Å². The molecule has 464 valence electrons. The van der Waals surface area contributed by atoms with Crippen LogP contribution in [0.4, 0.5) is 0 Å². The quantitative estimate of drug-likeness (QED) is 0.152. The van der Waals surface area contributed by atoms with Crippen LogP contribution >= 0.6 is 11.3 Å². The third-order valence-electron chi connectivity index (χ3n) is 21.1. The van der Waals surface area contributed by atoms with Crippen LogP contribution in [0.2, 0.25) is 0 Å². The average Bonchev–Trinajstić information content (AvgIpc) is 1.36. The van der Waals surface area contributed by atoms with Crippen LogP contribution in [-0.2, 0) is 0 Å². The van der Waals surface area contributed by atoms with E-state index in [-0.39, 0.29) is 0 Å². The summed E-state index contributed by atoms with van der Waals surface area (Å²) in [5.41, 5.74) is 18.6. The van der Waals surface area contributed by atoms with Crippen LogP contribution in [0, 0.1) is 0 Å². The van der Waals surface area contributed by atoms with Crippen LogP contribution in [0.3, 0.4) is 0 Å². The van der Waals surface area contributed by atoms with Gasteiger partial charge in [-0.25, -0.2) is 0 Å². The first-order valence-corrected chi connectivity index (χ1v) is 35.2. The maximum absolute atomic E-state index is 6.14. The zero-order valence-corrected chi connectivity index (χ0v) is 55.0. The first-order valence-electron chi connectivity index (χ1n) is 34.3. The van der Waals surface area contributed by atoms with E-state index in [1.807, 2.05) is 23.5 Å². The molecule has 0 spiro atoms. The lowest BCUT2D eigenvalue weighted by atomic mass is 9.92. The molecular weight excluding hydrogens is 1230 g/mol. The van der Waals surface area contributed by atoms with Gasteiger partial charge in [0.25, 0.3) is 0 Å². The van der Waals surface area contributed by atoms with E-state index in [0.717, 1.165) is 33.3 Å². The van der Waals surface area contributed by atoms with Crippen molar-refractivity contribution < 1.29 is 4.42 Å². The fourth-order valence-corrected chi connectivity index (χ4v) is 17.6. The third kappa shape index (κ3) is 8.84. The van der Waals surface area contributed by atoms with Gasteiger partial charge in [0.05, 0.1) is 22.1 Å². The summed E-state index contributed by atoms with van der Waals surface area (Å²) in [5.74, 6) is 0. The number of furan rings is 1. The number of benzene rings is 18. The Kier molecular flexibility index (Phi) is 12.6. The highest BCUT2D eigenvalue weighted by Gasteiger charge is 2.20. The van der Waals surface area contributed by atoms with Crippen molar-refractivity contribution in [2.24, 2.45) is 0 Å². The van der Waals surface area contributed by atoms with E-state index in [9.17, 15) is 0 Å². The molecule has 0 aliphatic rings. The van der Waals surface area contributed by atoms with E-state index in [2.05, 4.69) is 349 Å². The Hall–Kier alpha value is -12.9. The Balaban J connectivity index is 0.000000131. The van der Waals surface area contributed by atoms with E-state index in [1.165, 1.54) is 173 Å². The first-order chi connectivity index (χ1) is 49.6. The minimum Gasteiger partial charge on any atom is -0.456 e. The smallest absolute Gasteiger partial charge is 0.135 e. The van der Waals surface area contributed by atoms with Crippen molar-refractivity contribution in [2.75, 3.05) is 0 Å². The number of aromatic nitrogens is 2. The molecule has 0 fully saturated rings. The highest BCUT2D eigenvalue weighted by atomic mass is 32.1. The van der Waals surface area contributed by atoms with Crippen molar-refractivity contribution in [3.05, 3.63) is 352 Å². The minimum absolute atomic E-state index is 0.914. The second-order valence-corrected chi connectivity index (χ2v) is 27.7. The maximum atomic E-state index is 6.14. The fraction of sp³-hybridized carbons (Fsp3) is 0. The molecule has 0 saturated heterocycles.